The van der Waals surface area contributed by atoms with Crippen LogP contribution in [0.2, 0.25) is 0 Å². The summed E-state index contributed by atoms with van der Waals surface area (Å²) in [5.41, 5.74) is 8.56. The summed E-state index contributed by atoms with van der Waals surface area (Å²) in [7, 11) is 0. The normalized spacial score (nSPS) is 12.4. The van der Waals surface area contributed by atoms with Crippen LogP contribution in [0.4, 0.5) is 0 Å². The lowest BCUT2D eigenvalue weighted by molar-refractivity contribution is -0.125. The van der Waals surface area contributed by atoms with Crippen molar-refractivity contribution in [1.82, 2.24) is 5.32 Å². The molecule has 0 aliphatic rings. The van der Waals surface area contributed by atoms with Crippen molar-refractivity contribution < 1.29 is 9.90 Å². The zero-order valence-corrected chi connectivity index (χ0v) is 9.66. The molecule has 0 aliphatic heterocycles. The number of aliphatic hydroxyl groups is 1. The average molecular weight is 222 g/mol. The van der Waals surface area contributed by atoms with E-state index in [2.05, 4.69) is 25.2 Å². The van der Waals surface area contributed by atoms with Crippen molar-refractivity contribution in [2.45, 2.75) is 26.5 Å². The fourth-order valence-corrected chi connectivity index (χ4v) is 1.45. The minimum atomic E-state index is -1.12. The van der Waals surface area contributed by atoms with Gasteiger partial charge in [-0.3, -0.25) is 4.79 Å². The molecule has 4 nitrogen and oxygen atoms in total. The highest BCUT2D eigenvalue weighted by molar-refractivity contribution is 5.78. The summed E-state index contributed by atoms with van der Waals surface area (Å²) < 4.78 is 0. The lowest BCUT2D eigenvalue weighted by atomic mass is 10.0. The fourth-order valence-electron chi connectivity index (χ4n) is 1.45. The second-order valence-electron chi connectivity index (χ2n) is 3.91. The SMILES string of the molecule is Cc1cccc(CNCC(O)C(N)=O)c1C. The number of benzene rings is 1. The summed E-state index contributed by atoms with van der Waals surface area (Å²) in [6, 6.07) is 6.06. The quantitative estimate of drug-likeness (QED) is 0.668. The monoisotopic (exact) mass is 222 g/mol. The van der Waals surface area contributed by atoms with Crippen LogP contribution < -0.4 is 11.1 Å². The molecule has 16 heavy (non-hydrogen) atoms. The molecule has 0 fully saturated rings. The molecular formula is C12H18N2O2. The van der Waals surface area contributed by atoms with Gasteiger partial charge in [0.1, 0.15) is 6.10 Å². The topological polar surface area (TPSA) is 75.3 Å². The van der Waals surface area contributed by atoms with Crippen LogP contribution in [0.3, 0.4) is 0 Å². The van der Waals surface area contributed by atoms with Gasteiger partial charge >= 0.3 is 0 Å². The molecule has 88 valence electrons. The third kappa shape index (κ3) is 3.32. The number of amides is 1. The molecule has 4 heteroatoms. The Labute approximate surface area is 95.5 Å². The van der Waals surface area contributed by atoms with Crippen LogP contribution in [0.5, 0.6) is 0 Å². The number of carbonyl (C=O) groups is 1. The van der Waals surface area contributed by atoms with Gasteiger partial charge in [0.25, 0.3) is 0 Å². The second kappa shape index (κ2) is 5.63. The van der Waals surface area contributed by atoms with Crippen LogP contribution >= 0.6 is 0 Å². The lowest BCUT2D eigenvalue weighted by Gasteiger charge is -2.11. The van der Waals surface area contributed by atoms with Gasteiger partial charge in [-0.2, -0.15) is 0 Å². The minimum Gasteiger partial charge on any atom is -0.382 e. The van der Waals surface area contributed by atoms with Gasteiger partial charge in [-0.1, -0.05) is 18.2 Å². The Bertz CT molecular complexity index is 377. The highest BCUT2D eigenvalue weighted by Crippen LogP contribution is 2.11. The van der Waals surface area contributed by atoms with E-state index in [4.69, 9.17) is 5.73 Å². The van der Waals surface area contributed by atoms with E-state index in [1.165, 1.54) is 11.1 Å². The summed E-state index contributed by atoms with van der Waals surface area (Å²) in [5.74, 6) is -0.700. The lowest BCUT2D eigenvalue weighted by Crippen LogP contribution is -2.37. The third-order valence-corrected chi connectivity index (χ3v) is 2.70. The number of nitrogens with one attached hydrogen (secondary N) is 1. The molecular weight excluding hydrogens is 204 g/mol. The predicted octanol–water partition coefficient (Wildman–Crippen LogP) is 0.239. The number of carbonyl (C=O) groups excluding carboxylic acids is 1. The third-order valence-electron chi connectivity index (χ3n) is 2.70. The van der Waals surface area contributed by atoms with E-state index >= 15 is 0 Å². The molecule has 0 saturated heterocycles. The van der Waals surface area contributed by atoms with Gasteiger partial charge in [0, 0.05) is 13.1 Å². The van der Waals surface area contributed by atoms with Crippen LogP contribution in [0.15, 0.2) is 18.2 Å². The first-order valence-electron chi connectivity index (χ1n) is 5.25. The highest BCUT2D eigenvalue weighted by atomic mass is 16.3. The Balaban J connectivity index is 2.49. The molecule has 1 amide bonds. The van der Waals surface area contributed by atoms with E-state index in [1.807, 2.05) is 12.1 Å². The molecule has 4 N–H and O–H groups in total. The van der Waals surface area contributed by atoms with Crippen molar-refractivity contribution in [2.24, 2.45) is 5.73 Å². The van der Waals surface area contributed by atoms with E-state index in [1.54, 1.807) is 0 Å². The van der Waals surface area contributed by atoms with Crippen molar-refractivity contribution in [3.63, 3.8) is 0 Å². The molecule has 0 heterocycles. The highest BCUT2D eigenvalue weighted by Gasteiger charge is 2.09. The Kier molecular flexibility index (Phi) is 4.46. The van der Waals surface area contributed by atoms with Gasteiger partial charge in [-0.15, -0.1) is 0 Å². The van der Waals surface area contributed by atoms with Crippen molar-refractivity contribution in [3.8, 4) is 0 Å². The number of aliphatic hydroxyl groups excluding tert-OH is 1. The standard InChI is InChI=1S/C12H18N2O2/c1-8-4-3-5-10(9(8)2)6-14-7-11(15)12(13)16/h3-5,11,14-15H,6-7H2,1-2H3,(H2,13,16). The van der Waals surface area contributed by atoms with Gasteiger partial charge in [-0.25, -0.2) is 0 Å². The van der Waals surface area contributed by atoms with Crippen LogP contribution in [-0.4, -0.2) is 23.7 Å². The molecule has 0 bridgehead atoms. The molecule has 0 saturated carbocycles. The number of aryl methyl sites for hydroxylation is 1. The van der Waals surface area contributed by atoms with Gasteiger partial charge in [-0.05, 0) is 30.5 Å². The summed E-state index contributed by atoms with van der Waals surface area (Å²) in [6.45, 7) is 4.91. The number of rotatable bonds is 5. The number of primary amides is 1. The summed E-state index contributed by atoms with van der Waals surface area (Å²) >= 11 is 0. The van der Waals surface area contributed by atoms with E-state index in [0.717, 1.165) is 5.56 Å². The molecule has 1 atom stereocenters. The van der Waals surface area contributed by atoms with Crippen molar-refractivity contribution >= 4 is 5.91 Å². The van der Waals surface area contributed by atoms with Crippen molar-refractivity contribution in [1.29, 1.82) is 0 Å². The first-order valence-corrected chi connectivity index (χ1v) is 5.25. The van der Waals surface area contributed by atoms with E-state index < -0.39 is 12.0 Å². The molecule has 1 rings (SSSR count). The molecule has 0 aromatic heterocycles. The van der Waals surface area contributed by atoms with Crippen molar-refractivity contribution in [2.75, 3.05) is 6.54 Å². The Morgan fingerprint density at radius 1 is 1.50 bits per heavy atom. The van der Waals surface area contributed by atoms with Gasteiger partial charge < -0.3 is 16.2 Å². The van der Waals surface area contributed by atoms with Crippen LogP contribution in [0.25, 0.3) is 0 Å². The van der Waals surface area contributed by atoms with Crippen LogP contribution in [0.1, 0.15) is 16.7 Å². The first kappa shape index (κ1) is 12.7. The zero-order valence-electron chi connectivity index (χ0n) is 9.66. The maximum atomic E-state index is 10.6. The molecule has 1 aromatic carbocycles. The largest absolute Gasteiger partial charge is 0.382 e. The fraction of sp³-hybridized carbons (Fsp3) is 0.417. The molecule has 1 aromatic rings. The Morgan fingerprint density at radius 3 is 2.81 bits per heavy atom. The number of nitrogens with two attached hydrogens (primary N) is 1. The summed E-state index contributed by atoms with van der Waals surface area (Å²) in [4.78, 5) is 10.6. The summed E-state index contributed by atoms with van der Waals surface area (Å²) in [5, 5.41) is 12.2. The smallest absolute Gasteiger partial charge is 0.247 e. The van der Waals surface area contributed by atoms with E-state index in [0.29, 0.717) is 6.54 Å². The van der Waals surface area contributed by atoms with Crippen LogP contribution in [-0.2, 0) is 11.3 Å². The number of hydrogen-bond donors (Lipinski definition) is 3. The van der Waals surface area contributed by atoms with Gasteiger partial charge in [0.05, 0.1) is 0 Å². The van der Waals surface area contributed by atoms with Gasteiger partial charge in [0.2, 0.25) is 5.91 Å². The maximum absolute atomic E-state index is 10.6. The van der Waals surface area contributed by atoms with Crippen molar-refractivity contribution in [3.05, 3.63) is 34.9 Å². The van der Waals surface area contributed by atoms with E-state index in [-0.39, 0.29) is 6.54 Å². The Hall–Kier alpha value is -1.39. The molecule has 0 aliphatic carbocycles. The van der Waals surface area contributed by atoms with E-state index in [9.17, 15) is 9.90 Å². The summed E-state index contributed by atoms with van der Waals surface area (Å²) in [6.07, 6.45) is -1.12. The Morgan fingerprint density at radius 2 is 2.19 bits per heavy atom. The van der Waals surface area contributed by atoms with Crippen LogP contribution in [0, 0.1) is 13.8 Å². The predicted molar refractivity (Wildman–Crippen MR) is 62.8 cm³/mol. The average Bonchev–Trinajstić information content (AvgIpc) is 2.24. The van der Waals surface area contributed by atoms with Gasteiger partial charge in [0.15, 0.2) is 0 Å². The molecule has 0 radical (unpaired) electrons. The first-order chi connectivity index (χ1) is 7.52. The zero-order chi connectivity index (χ0) is 12.1. The molecule has 1 unspecified atom stereocenters. The minimum absolute atomic E-state index is 0.183. The number of hydrogen-bond acceptors (Lipinski definition) is 3. The second-order valence-corrected chi connectivity index (χ2v) is 3.91. The maximum Gasteiger partial charge on any atom is 0.247 e. The molecule has 0 spiro atoms.